The average Bonchev–Trinajstić information content (AvgIpc) is 2.54. The van der Waals surface area contributed by atoms with Gasteiger partial charge in [-0.05, 0) is 61.2 Å². The average molecular weight is 332 g/mol. The minimum atomic E-state index is 0.104. The van der Waals surface area contributed by atoms with Crippen LogP contribution in [0.1, 0.15) is 36.6 Å². The summed E-state index contributed by atoms with van der Waals surface area (Å²) < 4.78 is 11.4. The first-order chi connectivity index (χ1) is 11.1. The maximum Gasteiger partial charge on any atom is 0.161 e. The molecule has 0 radical (unpaired) electrons. The zero-order valence-electron chi connectivity index (χ0n) is 13.7. The van der Waals surface area contributed by atoms with Gasteiger partial charge in [0.1, 0.15) is 0 Å². The van der Waals surface area contributed by atoms with Gasteiger partial charge >= 0.3 is 0 Å². The van der Waals surface area contributed by atoms with Crippen LogP contribution < -0.4 is 14.8 Å². The monoisotopic (exact) mass is 331 g/mol. The molecule has 1 aliphatic heterocycles. The van der Waals surface area contributed by atoms with Crippen LogP contribution in [0.2, 0.25) is 5.02 Å². The molecule has 0 saturated carbocycles. The van der Waals surface area contributed by atoms with Crippen LogP contribution in [-0.4, -0.2) is 19.8 Å². The minimum absolute atomic E-state index is 0.104. The third-order valence-electron chi connectivity index (χ3n) is 4.05. The summed E-state index contributed by atoms with van der Waals surface area (Å²) in [6.45, 7) is 4.98. The Labute approximate surface area is 142 Å². The summed E-state index contributed by atoms with van der Waals surface area (Å²) in [6.07, 6.45) is 1.09. The second-order valence-electron chi connectivity index (χ2n) is 6.06. The molecule has 3 rings (SSSR count). The SMILES string of the molecule is COc1cc2c(cc1OC(C)C)[C@H](c1ccc(Cl)cc1)NCC2. The highest BCUT2D eigenvalue weighted by atomic mass is 35.5. The molecule has 0 aromatic heterocycles. The fraction of sp³-hybridized carbons (Fsp3) is 0.368. The third-order valence-corrected chi connectivity index (χ3v) is 4.30. The Kier molecular flexibility index (Phi) is 4.79. The molecule has 0 unspecified atom stereocenters. The highest BCUT2D eigenvalue weighted by Gasteiger charge is 2.24. The van der Waals surface area contributed by atoms with Gasteiger partial charge in [0.15, 0.2) is 11.5 Å². The topological polar surface area (TPSA) is 30.5 Å². The number of benzene rings is 2. The maximum atomic E-state index is 6.02. The van der Waals surface area contributed by atoms with Crippen molar-refractivity contribution in [3.05, 3.63) is 58.1 Å². The zero-order valence-corrected chi connectivity index (χ0v) is 14.5. The molecule has 1 N–H and O–H groups in total. The van der Waals surface area contributed by atoms with E-state index in [2.05, 4.69) is 29.6 Å². The van der Waals surface area contributed by atoms with Crippen LogP contribution in [0.15, 0.2) is 36.4 Å². The summed E-state index contributed by atoms with van der Waals surface area (Å²) in [7, 11) is 1.69. The van der Waals surface area contributed by atoms with Gasteiger partial charge in [-0.1, -0.05) is 23.7 Å². The highest BCUT2D eigenvalue weighted by molar-refractivity contribution is 6.30. The first kappa shape index (κ1) is 16.2. The molecule has 2 aromatic rings. The van der Waals surface area contributed by atoms with Crippen molar-refractivity contribution in [2.75, 3.05) is 13.7 Å². The van der Waals surface area contributed by atoms with Crippen LogP contribution >= 0.6 is 11.6 Å². The predicted molar refractivity (Wildman–Crippen MR) is 93.8 cm³/mol. The van der Waals surface area contributed by atoms with Gasteiger partial charge in [0.25, 0.3) is 0 Å². The van der Waals surface area contributed by atoms with E-state index in [-0.39, 0.29) is 12.1 Å². The molecule has 2 aromatic carbocycles. The Bertz CT molecular complexity index is 683. The molecule has 1 aliphatic rings. The Balaban J connectivity index is 2.04. The van der Waals surface area contributed by atoms with Crippen LogP contribution in [0.5, 0.6) is 11.5 Å². The first-order valence-corrected chi connectivity index (χ1v) is 8.32. The van der Waals surface area contributed by atoms with E-state index >= 15 is 0 Å². The van der Waals surface area contributed by atoms with Gasteiger partial charge in [0.2, 0.25) is 0 Å². The highest BCUT2D eigenvalue weighted by Crippen LogP contribution is 2.38. The van der Waals surface area contributed by atoms with Crippen molar-refractivity contribution in [2.24, 2.45) is 0 Å². The molecule has 1 atom stereocenters. The largest absolute Gasteiger partial charge is 0.493 e. The maximum absolute atomic E-state index is 6.02. The Morgan fingerprint density at radius 1 is 1.13 bits per heavy atom. The third kappa shape index (κ3) is 3.46. The number of halogens is 1. The van der Waals surface area contributed by atoms with E-state index in [1.54, 1.807) is 7.11 Å². The van der Waals surface area contributed by atoms with Crippen molar-refractivity contribution in [1.29, 1.82) is 0 Å². The number of fused-ring (bicyclic) bond motifs is 1. The lowest BCUT2D eigenvalue weighted by Crippen LogP contribution is -2.30. The van der Waals surface area contributed by atoms with Gasteiger partial charge in [-0.15, -0.1) is 0 Å². The number of methoxy groups -OCH3 is 1. The van der Waals surface area contributed by atoms with E-state index in [1.165, 1.54) is 16.7 Å². The second-order valence-corrected chi connectivity index (χ2v) is 6.49. The summed E-state index contributed by atoms with van der Waals surface area (Å²) in [5.41, 5.74) is 3.75. The molecular weight excluding hydrogens is 310 g/mol. The summed E-state index contributed by atoms with van der Waals surface area (Å²) in [6, 6.07) is 12.4. The summed E-state index contributed by atoms with van der Waals surface area (Å²) in [4.78, 5) is 0. The molecule has 0 amide bonds. The van der Waals surface area contributed by atoms with Crippen molar-refractivity contribution >= 4 is 11.6 Å². The Morgan fingerprint density at radius 3 is 2.52 bits per heavy atom. The molecule has 0 bridgehead atoms. The van der Waals surface area contributed by atoms with E-state index in [9.17, 15) is 0 Å². The Hall–Kier alpha value is -1.71. The van der Waals surface area contributed by atoms with Gasteiger partial charge < -0.3 is 14.8 Å². The zero-order chi connectivity index (χ0) is 16.4. The number of hydrogen-bond acceptors (Lipinski definition) is 3. The summed E-state index contributed by atoms with van der Waals surface area (Å²) in [5.74, 6) is 1.60. The number of nitrogens with one attached hydrogen (secondary N) is 1. The molecule has 23 heavy (non-hydrogen) atoms. The molecule has 0 aliphatic carbocycles. The fourth-order valence-electron chi connectivity index (χ4n) is 3.02. The predicted octanol–water partition coefficient (Wildman–Crippen LogP) is 4.37. The molecule has 3 nitrogen and oxygen atoms in total. The first-order valence-electron chi connectivity index (χ1n) is 7.95. The van der Waals surface area contributed by atoms with Crippen molar-refractivity contribution in [3.8, 4) is 11.5 Å². The van der Waals surface area contributed by atoms with Crippen LogP contribution in [0.4, 0.5) is 0 Å². The van der Waals surface area contributed by atoms with Crippen LogP contribution in [0.3, 0.4) is 0 Å². The lowest BCUT2D eigenvalue weighted by Gasteiger charge is -2.29. The summed E-state index contributed by atoms with van der Waals surface area (Å²) in [5, 5.41) is 4.34. The molecule has 0 fully saturated rings. The number of ether oxygens (including phenoxy) is 2. The van der Waals surface area contributed by atoms with Crippen molar-refractivity contribution in [1.82, 2.24) is 5.32 Å². The van der Waals surface area contributed by atoms with E-state index in [1.807, 2.05) is 26.0 Å². The van der Waals surface area contributed by atoms with Crippen molar-refractivity contribution in [2.45, 2.75) is 32.4 Å². The van der Waals surface area contributed by atoms with Crippen LogP contribution in [0, 0.1) is 0 Å². The van der Waals surface area contributed by atoms with Crippen LogP contribution in [-0.2, 0) is 6.42 Å². The molecular formula is C19H22ClNO2. The fourth-order valence-corrected chi connectivity index (χ4v) is 3.15. The number of hydrogen-bond donors (Lipinski definition) is 1. The standard InChI is InChI=1S/C19H22ClNO2/c1-12(2)23-18-11-16-14(10-17(18)22-3)8-9-21-19(16)13-4-6-15(20)7-5-13/h4-7,10-12,19,21H,8-9H2,1-3H3/t19-/m0/s1. The van der Waals surface area contributed by atoms with E-state index in [0.717, 1.165) is 29.5 Å². The van der Waals surface area contributed by atoms with Gasteiger partial charge in [0, 0.05) is 11.6 Å². The van der Waals surface area contributed by atoms with Crippen molar-refractivity contribution < 1.29 is 9.47 Å². The summed E-state index contributed by atoms with van der Waals surface area (Å²) >= 11 is 6.02. The van der Waals surface area contributed by atoms with Gasteiger partial charge in [-0.3, -0.25) is 0 Å². The quantitative estimate of drug-likeness (QED) is 0.902. The lowest BCUT2D eigenvalue weighted by atomic mass is 9.89. The smallest absolute Gasteiger partial charge is 0.161 e. The van der Waals surface area contributed by atoms with Crippen molar-refractivity contribution in [3.63, 3.8) is 0 Å². The molecule has 4 heteroatoms. The minimum Gasteiger partial charge on any atom is -0.493 e. The molecule has 122 valence electrons. The van der Waals surface area contributed by atoms with Gasteiger partial charge in [0.05, 0.1) is 19.3 Å². The van der Waals surface area contributed by atoms with E-state index < -0.39 is 0 Å². The molecule has 1 heterocycles. The van der Waals surface area contributed by atoms with E-state index in [4.69, 9.17) is 21.1 Å². The van der Waals surface area contributed by atoms with Gasteiger partial charge in [-0.2, -0.15) is 0 Å². The van der Waals surface area contributed by atoms with E-state index in [0.29, 0.717) is 0 Å². The van der Waals surface area contributed by atoms with Crippen LogP contribution in [0.25, 0.3) is 0 Å². The molecule has 0 saturated heterocycles. The van der Waals surface area contributed by atoms with Gasteiger partial charge in [-0.25, -0.2) is 0 Å². The number of rotatable bonds is 4. The lowest BCUT2D eigenvalue weighted by molar-refractivity contribution is 0.229. The Morgan fingerprint density at radius 2 is 1.87 bits per heavy atom. The molecule has 0 spiro atoms. The normalized spacial score (nSPS) is 17.0. The second kappa shape index (κ2) is 6.81.